The van der Waals surface area contributed by atoms with Crippen LogP contribution >= 0.6 is 0 Å². The predicted octanol–water partition coefficient (Wildman–Crippen LogP) is 2.29. The topological polar surface area (TPSA) is 53.2 Å². The van der Waals surface area contributed by atoms with Crippen molar-refractivity contribution >= 4 is 11.6 Å². The standard InChI is InChI=1S/C14H16F3N3O/c15-14(16,17)8-4-6-9(7-5-8)18-13(21)12-10-2-1-3-11(10)19-20-12/h4-7,10-12,19-20H,1-3H2,(H,18,21). The third kappa shape index (κ3) is 2.89. The number of amides is 1. The number of carbonyl (C=O) groups excluding carboxylic acids is 1. The fourth-order valence-corrected chi connectivity index (χ4v) is 3.09. The number of anilines is 1. The van der Waals surface area contributed by atoms with Gasteiger partial charge in [0.1, 0.15) is 6.04 Å². The summed E-state index contributed by atoms with van der Waals surface area (Å²) < 4.78 is 37.4. The summed E-state index contributed by atoms with van der Waals surface area (Å²) in [6.07, 6.45) is -1.25. The molecule has 1 saturated carbocycles. The maximum atomic E-state index is 12.5. The van der Waals surface area contributed by atoms with Crippen LogP contribution in [0.2, 0.25) is 0 Å². The lowest BCUT2D eigenvalue weighted by atomic mass is 9.96. The number of rotatable bonds is 2. The van der Waals surface area contributed by atoms with Crippen LogP contribution in [0.15, 0.2) is 24.3 Å². The average molecular weight is 299 g/mol. The van der Waals surface area contributed by atoms with Crippen molar-refractivity contribution in [2.75, 3.05) is 5.32 Å². The van der Waals surface area contributed by atoms with Gasteiger partial charge < -0.3 is 5.32 Å². The molecule has 1 saturated heterocycles. The van der Waals surface area contributed by atoms with Crippen molar-refractivity contribution in [2.45, 2.75) is 37.5 Å². The zero-order chi connectivity index (χ0) is 15.0. The quantitative estimate of drug-likeness (QED) is 0.785. The monoisotopic (exact) mass is 299 g/mol. The molecule has 4 nitrogen and oxygen atoms in total. The van der Waals surface area contributed by atoms with E-state index in [2.05, 4.69) is 16.2 Å². The normalized spacial score (nSPS) is 28.4. The van der Waals surface area contributed by atoms with Crippen LogP contribution < -0.4 is 16.2 Å². The van der Waals surface area contributed by atoms with E-state index < -0.39 is 11.7 Å². The van der Waals surface area contributed by atoms with Gasteiger partial charge in [-0.3, -0.25) is 10.2 Å². The van der Waals surface area contributed by atoms with Crippen molar-refractivity contribution in [3.63, 3.8) is 0 Å². The third-order valence-corrected chi connectivity index (χ3v) is 4.18. The first-order valence-electron chi connectivity index (χ1n) is 6.94. The van der Waals surface area contributed by atoms with Crippen LogP contribution in [-0.4, -0.2) is 18.0 Å². The van der Waals surface area contributed by atoms with E-state index in [1.165, 1.54) is 12.1 Å². The number of hydrogen-bond donors (Lipinski definition) is 3. The highest BCUT2D eigenvalue weighted by atomic mass is 19.4. The Morgan fingerprint density at radius 1 is 1.14 bits per heavy atom. The van der Waals surface area contributed by atoms with Gasteiger partial charge in [0.15, 0.2) is 0 Å². The summed E-state index contributed by atoms with van der Waals surface area (Å²) in [6, 6.07) is 4.46. The molecule has 1 amide bonds. The Labute approximate surface area is 120 Å². The largest absolute Gasteiger partial charge is 0.416 e. The van der Waals surface area contributed by atoms with Gasteiger partial charge >= 0.3 is 6.18 Å². The Balaban J connectivity index is 1.65. The molecule has 1 aromatic rings. The van der Waals surface area contributed by atoms with Gasteiger partial charge in [-0.2, -0.15) is 13.2 Å². The number of hydrazine groups is 1. The first kappa shape index (κ1) is 14.3. The fourth-order valence-electron chi connectivity index (χ4n) is 3.09. The number of halogens is 3. The maximum Gasteiger partial charge on any atom is 0.416 e. The number of fused-ring (bicyclic) bond motifs is 1. The van der Waals surface area contributed by atoms with Gasteiger partial charge in [0, 0.05) is 17.6 Å². The van der Waals surface area contributed by atoms with Gasteiger partial charge in [-0.05, 0) is 37.1 Å². The molecule has 0 bridgehead atoms. The summed E-state index contributed by atoms with van der Waals surface area (Å²) in [5, 5.41) is 2.67. The second-order valence-electron chi connectivity index (χ2n) is 5.53. The molecule has 1 aliphatic heterocycles. The highest BCUT2D eigenvalue weighted by Gasteiger charge is 2.42. The summed E-state index contributed by atoms with van der Waals surface area (Å²) in [5.74, 6) is 0.0381. The van der Waals surface area contributed by atoms with Crippen molar-refractivity contribution in [2.24, 2.45) is 5.92 Å². The molecule has 0 radical (unpaired) electrons. The average Bonchev–Trinajstić information content (AvgIpc) is 3.00. The third-order valence-electron chi connectivity index (χ3n) is 4.18. The summed E-state index contributed by atoms with van der Waals surface area (Å²) in [7, 11) is 0. The Bertz CT molecular complexity index is 529. The van der Waals surface area contributed by atoms with Gasteiger partial charge in [0.25, 0.3) is 0 Å². The molecule has 3 N–H and O–H groups in total. The molecule has 1 aromatic carbocycles. The zero-order valence-electron chi connectivity index (χ0n) is 11.2. The van der Waals surface area contributed by atoms with E-state index in [9.17, 15) is 18.0 Å². The number of benzene rings is 1. The first-order chi connectivity index (χ1) is 9.95. The first-order valence-corrected chi connectivity index (χ1v) is 6.94. The highest BCUT2D eigenvalue weighted by molar-refractivity contribution is 5.95. The molecule has 2 aliphatic rings. The van der Waals surface area contributed by atoms with Crippen molar-refractivity contribution in [1.29, 1.82) is 0 Å². The summed E-state index contributed by atoms with van der Waals surface area (Å²) in [5.41, 5.74) is 5.72. The minimum atomic E-state index is -4.36. The van der Waals surface area contributed by atoms with Crippen molar-refractivity contribution in [3.8, 4) is 0 Å². The maximum absolute atomic E-state index is 12.5. The Hall–Kier alpha value is -1.60. The van der Waals surface area contributed by atoms with Gasteiger partial charge in [0.2, 0.25) is 5.91 Å². The van der Waals surface area contributed by atoms with E-state index in [0.717, 1.165) is 31.4 Å². The van der Waals surface area contributed by atoms with Crippen LogP contribution in [0.3, 0.4) is 0 Å². The predicted molar refractivity (Wildman–Crippen MR) is 71.3 cm³/mol. The lowest BCUT2D eigenvalue weighted by molar-refractivity contribution is -0.137. The molecular weight excluding hydrogens is 283 g/mol. The van der Waals surface area contributed by atoms with E-state index in [4.69, 9.17) is 0 Å². The van der Waals surface area contributed by atoms with Crippen LogP contribution in [0.1, 0.15) is 24.8 Å². The second kappa shape index (κ2) is 5.31. The molecule has 1 heterocycles. The minimum absolute atomic E-state index is 0.211. The summed E-state index contributed by atoms with van der Waals surface area (Å²) in [4.78, 5) is 12.2. The molecule has 2 fully saturated rings. The van der Waals surface area contributed by atoms with Gasteiger partial charge in [0.05, 0.1) is 5.56 Å². The minimum Gasteiger partial charge on any atom is -0.325 e. The molecule has 1 aliphatic carbocycles. The number of carbonyl (C=O) groups is 1. The SMILES string of the molecule is O=C(Nc1ccc(C(F)(F)F)cc1)C1NNC2CCCC21. The van der Waals surface area contributed by atoms with E-state index in [-0.39, 0.29) is 17.9 Å². The van der Waals surface area contributed by atoms with Crippen LogP contribution in [-0.2, 0) is 11.0 Å². The second-order valence-corrected chi connectivity index (χ2v) is 5.53. The molecule has 7 heteroatoms. The Morgan fingerprint density at radius 2 is 1.86 bits per heavy atom. The Morgan fingerprint density at radius 3 is 2.52 bits per heavy atom. The molecule has 0 aromatic heterocycles. The molecule has 21 heavy (non-hydrogen) atoms. The molecule has 0 spiro atoms. The molecule has 3 unspecified atom stereocenters. The lowest BCUT2D eigenvalue weighted by Crippen LogP contribution is -2.42. The van der Waals surface area contributed by atoms with Crippen molar-refractivity contribution in [1.82, 2.24) is 10.9 Å². The van der Waals surface area contributed by atoms with Crippen molar-refractivity contribution < 1.29 is 18.0 Å². The summed E-state index contributed by atoms with van der Waals surface area (Å²) in [6.45, 7) is 0. The molecular formula is C14H16F3N3O. The highest BCUT2D eigenvalue weighted by Crippen LogP contribution is 2.32. The molecule has 3 atom stereocenters. The van der Waals surface area contributed by atoms with Gasteiger partial charge in [-0.15, -0.1) is 0 Å². The van der Waals surface area contributed by atoms with Gasteiger partial charge in [-0.25, -0.2) is 5.43 Å². The number of alkyl halides is 3. The van der Waals surface area contributed by atoms with Crippen LogP contribution in [0.5, 0.6) is 0 Å². The van der Waals surface area contributed by atoms with Gasteiger partial charge in [-0.1, -0.05) is 6.42 Å². The smallest absolute Gasteiger partial charge is 0.325 e. The lowest BCUT2D eigenvalue weighted by Gasteiger charge is -2.16. The van der Waals surface area contributed by atoms with Crippen LogP contribution in [0.25, 0.3) is 0 Å². The van der Waals surface area contributed by atoms with Crippen LogP contribution in [0.4, 0.5) is 18.9 Å². The van der Waals surface area contributed by atoms with Crippen LogP contribution in [0, 0.1) is 5.92 Å². The van der Waals surface area contributed by atoms with Crippen molar-refractivity contribution in [3.05, 3.63) is 29.8 Å². The van der Waals surface area contributed by atoms with E-state index in [1.807, 2.05) is 0 Å². The van der Waals surface area contributed by atoms with E-state index >= 15 is 0 Å². The summed E-state index contributed by atoms with van der Waals surface area (Å²) >= 11 is 0. The molecule has 114 valence electrons. The zero-order valence-corrected chi connectivity index (χ0v) is 11.2. The Kier molecular flexibility index (Phi) is 3.62. The van der Waals surface area contributed by atoms with E-state index in [1.54, 1.807) is 0 Å². The number of hydrogen-bond acceptors (Lipinski definition) is 3. The van der Waals surface area contributed by atoms with E-state index in [0.29, 0.717) is 11.7 Å². The fraction of sp³-hybridized carbons (Fsp3) is 0.500. The number of nitrogens with one attached hydrogen (secondary N) is 3. The molecule has 3 rings (SSSR count).